The number of aryl methyl sites for hydroxylation is 1. The highest BCUT2D eigenvalue weighted by molar-refractivity contribution is 6.46. The van der Waals surface area contributed by atoms with Crippen LogP contribution in [0.5, 0.6) is 0 Å². The molecule has 0 aromatic carbocycles. The third-order valence-corrected chi connectivity index (χ3v) is 2.04. The lowest BCUT2D eigenvalue weighted by molar-refractivity contribution is 0.614. The Morgan fingerprint density at radius 1 is 1.70 bits per heavy atom. The lowest BCUT2D eigenvalue weighted by atomic mass is 10.3. The largest absolute Gasteiger partial charge is 0.428 e. The van der Waals surface area contributed by atoms with E-state index in [4.69, 9.17) is 4.80 Å². The van der Waals surface area contributed by atoms with Gasteiger partial charge in [0.15, 0.2) is 0 Å². The normalized spacial score (nSPS) is 9.80. The number of hydrogen-bond acceptors (Lipinski definition) is 2. The van der Waals surface area contributed by atoms with Crippen LogP contribution in [0.25, 0.3) is 0 Å². The molecule has 0 fully saturated rings. The van der Waals surface area contributed by atoms with Crippen LogP contribution in [0.3, 0.4) is 0 Å². The molecular formula is C7H9NOSi. The van der Waals surface area contributed by atoms with Crippen LogP contribution in [-0.2, 0) is 6.42 Å². The van der Waals surface area contributed by atoms with E-state index in [-0.39, 0.29) is 9.76 Å². The molecule has 0 atom stereocenters. The third kappa shape index (κ3) is 1.43. The molecule has 1 aromatic rings. The van der Waals surface area contributed by atoms with Gasteiger partial charge in [-0.15, -0.1) is 0 Å². The van der Waals surface area contributed by atoms with E-state index in [9.17, 15) is 0 Å². The summed E-state index contributed by atoms with van der Waals surface area (Å²) in [7, 11) is -0.127. The summed E-state index contributed by atoms with van der Waals surface area (Å²) in [6.45, 7) is 2.03. The van der Waals surface area contributed by atoms with Crippen molar-refractivity contribution < 1.29 is 4.80 Å². The van der Waals surface area contributed by atoms with Crippen molar-refractivity contribution >= 4 is 14.9 Å². The Labute approximate surface area is 62.9 Å². The molecule has 3 heteroatoms. The van der Waals surface area contributed by atoms with Crippen LogP contribution in [0.4, 0.5) is 0 Å². The quantitative estimate of drug-likeness (QED) is 0.598. The lowest BCUT2D eigenvalue weighted by Gasteiger charge is -1.99. The number of aromatic nitrogens is 1. The minimum atomic E-state index is -0.127. The average Bonchev–Trinajstić information content (AvgIpc) is 2.04. The van der Waals surface area contributed by atoms with Crippen molar-refractivity contribution in [1.29, 1.82) is 0 Å². The van der Waals surface area contributed by atoms with Gasteiger partial charge in [-0.2, -0.15) is 0 Å². The Bertz CT molecular complexity index is 192. The summed E-state index contributed by atoms with van der Waals surface area (Å²) in [6, 6.07) is 3.75. The summed E-state index contributed by atoms with van der Waals surface area (Å²) in [5, 5.41) is 0.963. The maximum absolute atomic E-state index is 8.84. The predicted octanol–water partition coefficient (Wildman–Crippen LogP) is -0.119. The van der Waals surface area contributed by atoms with Gasteiger partial charge in [-0.1, -0.05) is 13.0 Å². The van der Waals surface area contributed by atoms with Crippen LogP contribution in [0.1, 0.15) is 12.6 Å². The van der Waals surface area contributed by atoms with Crippen LogP contribution in [0.15, 0.2) is 18.3 Å². The van der Waals surface area contributed by atoms with Crippen LogP contribution in [0.2, 0.25) is 0 Å². The van der Waals surface area contributed by atoms with Gasteiger partial charge in [0.25, 0.3) is 9.76 Å². The van der Waals surface area contributed by atoms with Crippen molar-refractivity contribution in [2.45, 2.75) is 13.3 Å². The molecule has 10 heavy (non-hydrogen) atoms. The van der Waals surface area contributed by atoms with E-state index in [0.717, 1.165) is 17.3 Å². The molecule has 0 unspecified atom stereocenters. The van der Waals surface area contributed by atoms with E-state index in [2.05, 4.69) is 4.98 Å². The maximum Gasteiger partial charge on any atom is 0.267 e. The first-order valence-electron chi connectivity index (χ1n) is 3.22. The highest BCUT2D eigenvalue weighted by Gasteiger charge is 1.98. The van der Waals surface area contributed by atoms with Crippen LogP contribution in [0, 0.1) is 0 Å². The van der Waals surface area contributed by atoms with Gasteiger partial charge in [-0.3, -0.25) is 4.98 Å². The van der Waals surface area contributed by atoms with Crippen molar-refractivity contribution in [3.63, 3.8) is 0 Å². The van der Waals surface area contributed by atoms with Crippen molar-refractivity contribution in [1.82, 2.24) is 4.98 Å². The molecule has 52 valence electrons. The number of nitrogens with zero attached hydrogens (tertiary/aromatic N) is 1. The molecule has 0 aliphatic rings. The van der Waals surface area contributed by atoms with Gasteiger partial charge in [-0.05, 0) is 17.7 Å². The fourth-order valence-corrected chi connectivity index (χ4v) is 1.36. The van der Waals surface area contributed by atoms with Gasteiger partial charge in [0.05, 0.1) is 0 Å². The Hall–Kier alpha value is -0.673. The highest BCUT2D eigenvalue weighted by Crippen LogP contribution is 1.89. The molecule has 0 spiro atoms. The van der Waals surface area contributed by atoms with Gasteiger partial charge in [0.1, 0.15) is 0 Å². The van der Waals surface area contributed by atoms with E-state index in [1.165, 1.54) is 0 Å². The zero-order valence-corrected chi connectivity index (χ0v) is 6.83. The molecule has 1 N–H and O–H groups in total. The number of pyridine rings is 1. The molecule has 0 saturated carbocycles. The van der Waals surface area contributed by atoms with E-state index in [1.54, 1.807) is 6.20 Å². The summed E-state index contributed by atoms with van der Waals surface area (Å²) in [4.78, 5) is 13.0. The minimum absolute atomic E-state index is 0.127. The zero-order chi connectivity index (χ0) is 7.40. The summed E-state index contributed by atoms with van der Waals surface area (Å²) in [5.41, 5.74) is 1.00. The van der Waals surface area contributed by atoms with Gasteiger partial charge in [0, 0.05) is 11.9 Å². The second-order valence-electron chi connectivity index (χ2n) is 1.96. The molecule has 1 rings (SSSR count). The molecular weight excluding hydrogens is 142 g/mol. The minimum Gasteiger partial charge on any atom is -0.428 e. The Morgan fingerprint density at radius 3 is 3.00 bits per heavy atom. The monoisotopic (exact) mass is 151 g/mol. The molecule has 0 bridgehead atoms. The maximum atomic E-state index is 8.84. The second-order valence-corrected chi connectivity index (χ2v) is 2.73. The van der Waals surface area contributed by atoms with Crippen LogP contribution in [-0.4, -0.2) is 19.5 Å². The zero-order valence-electron chi connectivity index (χ0n) is 5.83. The standard InChI is InChI=1S/C7H9NOSi/c1-2-6-7(10-9)4-3-5-8-6/h3-5,9H,2H2,1H3. The molecule has 2 radical (unpaired) electrons. The summed E-state index contributed by atoms with van der Waals surface area (Å²) in [6.07, 6.45) is 2.65. The summed E-state index contributed by atoms with van der Waals surface area (Å²) >= 11 is 0. The molecule has 0 aliphatic heterocycles. The van der Waals surface area contributed by atoms with E-state index < -0.39 is 0 Å². The van der Waals surface area contributed by atoms with Gasteiger partial charge in [-0.25, -0.2) is 0 Å². The SMILES string of the molecule is CCc1ncccc1[Si]O. The number of rotatable bonds is 2. The fourth-order valence-electron chi connectivity index (χ4n) is 0.822. The second kappa shape index (κ2) is 3.48. The Balaban J connectivity index is 2.96. The van der Waals surface area contributed by atoms with E-state index in [0.29, 0.717) is 0 Å². The molecule has 0 saturated heterocycles. The average molecular weight is 151 g/mol. The van der Waals surface area contributed by atoms with Crippen molar-refractivity contribution in [3.05, 3.63) is 24.0 Å². The van der Waals surface area contributed by atoms with Gasteiger partial charge < -0.3 is 4.80 Å². The first-order valence-corrected chi connectivity index (χ1v) is 4.17. The van der Waals surface area contributed by atoms with Crippen molar-refractivity contribution in [2.24, 2.45) is 0 Å². The molecule has 1 aromatic heterocycles. The summed E-state index contributed by atoms with van der Waals surface area (Å²) in [5.74, 6) is 0. The Kier molecular flexibility index (Phi) is 2.59. The molecule has 1 heterocycles. The van der Waals surface area contributed by atoms with Crippen molar-refractivity contribution in [3.8, 4) is 0 Å². The third-order valence-electron chi connectivity index (χ3n) is 1.35. The van der Waals surface area contributed by atoms with Gasteiger partial charge in [0.2, 0.25) is 0 Å². The van der Waals surface area contributed by atoms with E-state index in [1.807, 2.05) is 19.1 Å². The highest BCUT2D eigenvalue weighted by atomic mass is 28.2. The van der Waals surface area contributed by atoms with Crippen molar-refractivity contribution in [2.75, 3.05) is 0 Å². The molecule has 0 aliphatic carbocycles. The smallest absolute Gasteiger partial charge is 0.267 e. The number of hydrogen-bond donors (Lipinski definition) is 1. The van der Waals surface area contributed by atoms with E-state index >= 15 is 0 Å². The first kappa shape index (κ1) is 7.43. The fraction of sp³-hybridized carbons (Fsp3) is 0.286. The van der Waals surface area contributed by atoms with Crippen LogP contribution >= 0.6 is 0 Å². The lowest BCUT2D eigenvalue weighted by Crippen LogP contribution is -2.19. The predicted molar refractivity (Wildman–Crippen MR) is 41.2 cm³/mol. The topological polar surface area (TPSA) is 33.1 Å². The first-order chi connectivity index (χ1) is 4.88. The van der Waals surface area contributed by atoms with Gasteiger partial charge >= 0.3 is 0 Å². The van der Waals surface area contributed by atoms with Crippen LogP contribution < -0.4 is 5.19 Å². The summed E-state index contributed by atoms with van der Waals surface area (Å²) < 4.78 is 0. The molecule has 2 nitrogen and oxygen atoms in total. The Morgan fingerprint density at radius 2 is 2.50 bits per heavy atom. The molecule has 0 amide bonds.